The Morgan fingerprint density at radius 3 is 2.56 bits per heavy atom. The molecule has 18 heavy (non-hydrogen) atoms. The molecule has 0 bridgehead atoms. The molecule has 0 heterocycles. The van der Waals surface area contributed by atoms with Crippen LogP contribution in [-0.2, 0) is 0 Å². The second-order valence-corrected chi connectivity index (χ2v) is 4.74. The zero-order valence-electron chi connectivity index (χ0n) is 11.8. The standard InChI is InChI=1S/C16H25NO/c1-4-5-13-18-16-10-8-15(9-11-16)7-6-12-17-14(2)3/h6-11,14,17H,4-5,12-13H2,1-3H3. The van der Waals surface area contributed by atoms with E-state index in [0.29, 0.717) is 6.04 Å². The van der Waals surface area contributed by atoms with Gasteiger partial charge in [0.2, 0.25) is 0 Å². The summed E-state index contributed by atoms with van der Waals surface area (Å²) in [7, 11) is 0. The van der Waals surface area contributed by atoms with Gasteiger partial charge in [0.25, 0.3) is 0 Å². The lowest BCUT2D eigenvalue weighted by molar-refractivity contribution is 0.309. The van der Waals surface area contributed by atoms with E-state index in [1.807, 2.05) is 12.1 Å². The second-order valence-electron chi connectivity index (χ2n) is 4.74. The van der Waals surface area contributed by atoms with Gasteiger partial charge in [-0.2, -0.15) is 0 Å². The summed E-state index contributed by atoms with van der Waals surface area (Å²) in [6.07, 6.45) is 6.56. The maximum Gasteiger partial charge on any atom is 0.119 e. The smallest absolute Gasteiger partial charge is 0.119 e. The zero-order valence-corrected chi connectivity index (χ0v) is 11.8. The van der Waals surface area contributed by atoms with Crippen molar-refractivity contribution < 1.29 is 4.74 Å². The lowest BCUT2D eigenvalue weighted by Gasteiger charge is -2.05. The highest BCUT2D eigenvalue weighted by molar-refractivity contribution is 5.50. The molecular weight excluding hydrogens is 222 g/mol. The number of nitrogens with one attached hydrogen (secondary N) is 1. The molecule has 0 amide bonds. The number of unbranched alkanes of at least 4 members (excludes halogenated alkanes) is 1. The minimum atomic E-state index is 0.531. The van der Waals surface area contributed by atoms with Crippen LogP contribution in [0.25, 0.3) is 6.08 Å². The fourth-order valence-electron chi connectivity index (χ4n) is 1.51. The van der Waals surface area contributed by atoms with E-state index in [1.54, 1.807) is 0 Å². The van der Waals surface area contributed by atoms with Crippen molar-refractivity contribution in [1.29, 1.82) is 0 Å². The van der Waals surface area contributed by atoms with E-state index >= 15 is 0 Å². The largest absolute Gasteiger partial charge is 0.494 e. The van der Waals surface area contributed by atoms with E-state index in [2.05, 4.69) is 50.4 Å². The van der Waals surface area contributed by atoms with Crippen LogP contribution in [0, 0.1) is 0 Å². The van der Waals surface area contributed by atoms with E-state index in [-0.39, 0.29) is 0 Å². The SMILES string of the molecule is CCCCOc1ccc(C=CCNC(C)C)cc1. The van der Waals surface area contributed by atoms with Crippen molar-refractivity contribution in [2.75, 3.05) is 13.2 Å². The molecule has 0 spiro atoms. The Kier molecular flexibility index (Phi) is 7.19. The average molecular weight is 247 g/mol. The summed E-state index contributed by atoms with van der Waals surface area (Å²) >= 11 is 0. The first-order valence-corrected chi connectivity index (χ1v) is 6.85. The monoisotopic (exact) mass is 247 g/mol. The summed E-state index contributed by atoms with van der Waals surface area (Å²) in [6, 6.07) is 8.78. The zero-order chi connectivity index (χ0) is 13.2. The minimum Gasteiger partial charge on any atom is -0.494 e. The fraction of sp³-hybridized carbons (Fsp3) is 0.500. The lowest BCUT2D eigenvalue weighted by Crippen LogP contribution is -2.22. The van der Waals surface area contributed by atoms with Crippen molar-refractivity contribution in [1.82, 2.24) is 5.32 Å². The molecule has 1 rings (SSSR count). The highest BCUT2D eigenvalue weighted by Crippen LogP contribution is 2.13. The molecule has 0 aliphatic carbocycles. The highest BCUT2D eigenvalue weighted by atomic mass is 16.5. The number of hydrogen-bond acceptors (Lipinski definition) is 2. The van der Waals surface area contributed by atoms with Gasteiger partial charge in [0.15, 0.2) is 0 Å². The van der Waals surface area contributed by atoms with Gasteiger partial charge in [0.05, 0.1) is 6.61 Å². The van der Waals surface area contributed by atoms with Gasteiger partial charge in [-0.1, -0.05) is 51.5 Å². The fourth-order valence-corrected chi connectivity index (χ4v) is 1.51. The molecule has 0 aromatic heterocycles. The van der Waals surface area contributed by atoms with E-state index in [1.165, 1.54) is 12.0 Å². The summed E-state index contributed by atoms with van der Waals surface area (Å²) in [5, 5.41) is 3.35. The van der Waals surface area contributed by atoms with Crippen LogP contribution in [0.2, 0.25) is 0 Å². The third-order valence-corrected chi connectivity index (χ3v) is 2.60. The van der Waals surface area contributed by atoms with Gasteiger partial charge < -0.3 is 10.1 Å². The van der Waals surface area contributed by atoms with E-state index in [9.17, 15) is 0 Å². The van der Waals surface area contributed by atoms with Crippen LogP contribution in [0.3, 0.4) is 0 Å². The molecule has 1 aromatic rings. The van der Waals surface area contributed by atoms with Crippen LogP contribution in [-0.4, -0.2) is 19.2 Å². The third-order valence-electron chi connectivity index (χ3n) is 2.60. The van der Waals surface area contributed by atoms with Crippen LogP contribution in [0.4, 0.5) is 0 Å². The molecule has 1 aromatic carbocycles. The summed E-state index contributed by atoms with van der Waals surface area (Å²) in [5.41, 5.74) is 1.21. The maximum absolute atomic E-state index is 5.62. The number of rotatable bonds is 8. The Balaban J connectivity index is 2.35. The quantitative estimate of drug-likeness (QED) is 0.704. The summed E-state index contributed by atoms with van der Waals surface area (Å²) in [5.74, 6) is 0.959. The minimum absolute atomic E-state index is 0.531. The molecule has 0 saturated heterocycles. The number of benzene rings is 1. The molecule has 0 unspecified atom stereocenters. The predicted molar refractivity (Wildman–Crippen MR) is 79.0 cm³/mol. The topological polar surface area (TPSA) is 21.3 Å². The van der Waals surface area contributed by atoms with Gasteiger partial charge >= 0.3 is 0 Å². The Labute approximate surface area is 111 Å². The van der Waals surface area contributed by atoms with Gasteiger partial charge in [-0.25, -0.2) is 0 Å². The number of hydrogen-bond donors (Lipinski definition) is 1. The van der Waals surface area contributed by atoms with E-state index < -0.39 is 0 Å². The normalized spacial score (nSPS) is 11.3. The lowest BCUT2D eigenvalue weighted by atomic mass is 10.2. The molecule has 0 atom stereocenters. The Morgan fingerprint density at radius 1 is 1.22 bits per heavy atom. The first kappa shape index (κ1) is 14.8. The molecule has 0 aliphatic heterocycles. The van der Waals surface area contributed by atoms with Crippen molar-refractivity contribution in [3.05, 3.63) is 35.9 Å². The third kappa shape index (κ3) is 6.45. The van der Waals surface area contributed by atoms with Crippen molar-refractivity contribution in [3.63, 3.8) is 0 Å². The Bertz CT molecular complexity index is 341. The molecule has 0 fully saturated rings. The summed E-state index contributed by atoms with van der Waals surface area (Å²) in [6.45, 7) is 8.19. The Morgan fingerprint density at radius 2 is 1.94 bits per heavy atom. The van der Waals surface area contributed by atoms with Crippen LogP contribution >= 0.6 is 0 Å². The molecule has 0 radical (unpaired) electrons. The van der Waals surface area contributed by atoms with E-state index in [0.717, 1.165) is 25.3 Å². The van der Waals surface area contributed by atoms with Crippen LogP contribution < -0.4 is 10.1 Å². The first-order valence-electron chi connectivity index (χ1n) is 6.85. The molecule has 0 aliphatic rings. The van der Waals surface area contributed by atoms with Gasteiger partial charge in [-0.3, -0.25) is 0 Å². The average Bonchev–Trinajstić information content (AvgIpc) is 2.36. The molecule has 2 heteroatoms. The number of ether oxygens (including phenoxy) is 1. The van der Waals surface area contributed by atoms with Crippen molar-refractivity contribution >= 4 is 6.08 Å². The van der Waals surface area contributed by atoms with Crippen LogP contribution in [0.1, 0.15) is 39.2 Å². The molecular formula is C16H25NO. The van der Waals surface area contributed by atoms with Gasteiger partial charge in [-0.05, 0) is 24.1 Å². The summed E-state index contributed by atoms with van der Waals surface area (Å²) in [4.78, 5) is 0. The van der Waals surface area contributed by atoms with Gasteiger partial charge in [0, 0.05) is 12.6 Å². The molecule has 0 saturated carbocycles. The van der Waals surface area contributed by atoms with Crippen molar-refractivity contribution in [2.24, 2.45) is 0 Å². The van der Waals surface area contributed by atoms with Crippen molar-refractivity contribution in [3.8, 4) is 5.75 Å². The Hall–Kier alpha value is -1.28. The second kappa shape index (κ2) is 8.76. The van der Waals surface area contributed by atoms with Crippen LogP contribution in [0.5, 0.6) is 5.75 Å². The predicted octanol–water partition coefficient (Wildman–Crippen LogP) is 3.88. The first-order chi connectivity index (χ1) is 8.72. The molecule has 100 valence electrons. The highest BCUT2D eigenvalue weighted by Gasteiger charge is 1.93. The maximum atomic E-state index is 5.62. The van der Waals surface area contributed by atoms with Crippen molar-refractivity contribution in [2.45, 2.75) is 39.7 Å². The van der Waals surface area contributed by atoms with Gasteiger partial charge in [-0.15, -0.1) is 0 Å². The molecule has 2 nitrogen and oxygen atoms in total. The molecule has 1 N–H and O–H groups in total. The van der Waals surface area contributed by atoms with Gasteiger partial charge in [0.1, 0.15) is 5.75 Å². The summed E-state index contributed by atoms with van der Waals surface area (Å²) < 4.78 is 5.62. The van der Waals surface area contributed by atoms with E-state index in [4.69, 9.17) is 4.74 Å². The van der Waals surface area contributed by atoms with Crippen LogP contribution in [0.15, 0.2) is 30.3 Å².